The molecule has 0 spiro atoms. The number of nitrogens with one attached hydrogen (secondary N) is 3. The van der Waals surface area contributed by atoms with Crippen LogP contribution in [-0.2, 0) is 4.74 Å². The average Bonchev–Trinajstić information content (AvgIpc) is 3.06. The topological polar surface area (TPSA) is 87.8 Å². The predicted molar refractivity (Wildman–Crippen MR) is 106 cm³/mol. The molecule has 5 rings (SSSR count). The quantitative estimate of drug-likeness (QED) is 0.673. The van der Waals surface area contributed by atoms with Gasteiger partial charge in [-0.15, -0.1) is 0 Å². The summed E-state index contributed by atoms with van der Waals surface area (Å²) >= 11 is 8.07. The van der Waals surface area contributed by atoms with Crippen molar-refractivity contribution in [3.8, 4) is 0 Å². The Morgan fingerprint density at radius 1 is 1.30 bits per heavy atom. The monoisotopic (exact) mass is 404 g/mol. The maximum absolute atomic E-state index is 6.30. The Hall–Kier alpha value is -1.77. The minimum Gasteiger partial charge on any atom is -0.379 e. The normalized spacial score (nSPS) is 24.9. The van der Waals surface area contributed by atoms with E-state index in [0.717, 1.165) is 37.7 Å². The molecule has 0 aromatic carbocycles. The fourth-order valence-corrected chi connectivity index (χ4v) is 4.60. The number of nitrogens with zero attached hydrogens (tertiary/aromatic N) is 3. The highest BCUT2D eigenvalue weighted by atomic mass is 35.5. The van der Waals surface area contributed by atoms with E-state index in [1.165, 1.54) is 23.6 Å². The zero-order valence-electron chi connectivity index (χ0n) is 14.7. The molecule has 142 valence electrons. The lowest BCUT2D eigenvalue weighted by Crippen LogP contribution is -2.26. The van der Waals surface area contributed by atoms with Gasteiger partial charge in [0.2, 0.25) is 0 Å². The van der Waals surface area contributed by atoms with E-state index in [9.17, 15) is 0 Å². The highest BCUT2D eigenvalue weighted by molar-refractivity contribution is 8.03. The van der Waals surface area contributed by atoms with E-state index in [0.29, 0.717) is 22.8 Å². The summed E-state index contributed by atoms with van der Waals surface area (Å²) < 4.78 is 5.43. The number of halogens is 1. The first-order valence-corrected chi connectivity index (χ1v) is 10.6. The molecule has 27 heavy (non-hydrogen) atoms. The van der Waals surface area contributed by atoms with Crippen molar-refractivity contribution in [2.45, 2.75) is 42.9 Å². The summed E-state index contributed by atoms with van der Waals surface area (Å²) in [5, 5.41) is 16.0. The van der Waals surface area contributed by atoms with E-state index in [1.54, 1.807) is 18.0 Å². The highest BCUT2D eigenvalue weighted by Crippen LogP contribution is 2.42. The smallest absolute Gasteiger partial charge is 0.154 e. The lowest BCUT2D eigenvalue weighted by molar-refractivity contribution is 0.191. The van der Waals surface area contributed by atoms with Crippen molar-refractivity contribution in [1.82, 2.24) is 25.5 Å². The molecular weight excluding hydrogens is 384 g/mol. The summed E-state index contributed by atoms with van der Waals surface area (Å²) in [5.74, 6) is 2.74. The first kappa shape index (κ1) is 17.3. The number of hydrogen-bond acceptors (Lipinski definition) is 7. The zero-order valence-corrected chi connectivity index (χ0v) is 16.3. The summed E-state index contributed by atoms with van der Waals surface area (Å²) in [4.78, 5) is 9.13. The number of rotatable bonds is 6. The van der Waals surface area contributed by atoms with E-state index in [2.05, 4.69) is 36.9 Å². The summed E-state index contributed by atoms with van der Waals surface area (Å²) in [6.45, 7) is 1.62. The number of aromatic nitrogens is 4. The molecule has 2 aliphatic heterocycles. The maximum Gasteiger partial charge on any atom is 0.154 e. The minimum atomic E-state index is 0.189. The van der Waals surface area contributed by atoms with E-state index in [-0.39, 0.29) is 5.25 Å². The molecule has 2 fully saturated rings. The molecule has 1 saturated heterocycles. The third-order valence-electron chi connectivity index (χ3n) is 4.97. The Morgan fingerprint density at radius 3 is 3.04 bits per heavy atom. The first-order chi connectivity index (χ1) is 13.2. The summed E-state index contributed by atoms with van der Waals surface area (Å²) in [7, 11) is 0. The van der Waals surface area contributed by atoms with Gasteiger partial charge in [0.05, 0.1) is 29.1 Å². The molecule has 0 amide bonds. The molecule has 0 bridgehead atoms. The second-order valence-electron chi connectivity index (χ2n) is 7.15. The predicted octanol–water partition coefficient (Wildman–Crippen LogP) is 3.87. The molecule has 2 atom stereocenters. The third-order valence-corrected chi connectivity index (χ3v) is 6.48. The van der Waals surface area contributed by atoms with Crippen LogP contribution in [0.25, 0.3) is 0 Å². The summed E-state index contributed by atoms with van der Waals surface area (Å²) in [6.07, 6.45) is 8.30. The SMILES string of the molecule is Clc1cnc(C2CC=C(NC3CCOC3)S2)nc1Nc1cc(C2CC2)[nH]n1. The van der Waals surface area contributed by atoms with Crippen LogP contribution in [0.4, 0.5) is 11.6 Å². The Bertz CT molecular complexity index is 861. The standard InChI is InChI=1S/C18H21ClN6OS/c19-12-8-20-18(14-3-4-16(27-14)21-11-5-6-26-9-11)23-17(12)22-15-7-13(24-25-15)10-1-2-10/h4,7-8,10-11,14,21H,1-3,5-6,9H2,(H2,20,22,23,24,25). The number of ether oxygens (including phenoxy) is 1. The minimum absolute atomic E-state index is 0.189. The van der Waals surface area contributed by atoms with Gasteiger partial charge in [-0.3, -0.25) is 5.10 Å². The summed E-state index contributed by atoms with van der Waals surface area (Å²) in [5.41, 5.74) is 1.17. The van der Waals surface area contributed by atoms with Gasteiger partial charge in [-0.05, 0) is 25.7 Å². The van der Waals surface area contributed by atoms with Crippen molar-refractivity contribution in [3.63, 3.8) is 0 Å². The molecule has 2 aromatic heterocycles. The van der Waals surface area contributed by atoms with Crippen LogP contribution >= 0.6 is 23.4 Å². The molecule has 9 heteroatoms. The molecule has 0 radical (unpaired) electrons. The van der Waals surface area contributed by atoms with Crippen molar-refractivity contribution in [2.75, 3.05) is 18.5 Å². The van der Waals surface area contributed by atoms with Gasteiger partial charge in [-0.25, -0.2) is 9.97 Å². The number of thioether (sulfide) groups is 1. The molecule has 3 N–H and O–H groups in total. The average molecular weight is 405 g/mol. The molecule has 4 heterocycles. The Morgan fingerprint density at radius 2 is 2.22 bits per heavy atom. The van der Waals surface area contributed by atoms with Crippen LogP contribution in [0.2, 0.25) is 5.02 Å². The maximum atomic E-state index is 6.30. The largest absolute Gasteiger partial charge is 0.379 e. The highest BCUT2D eigenvalue weighted by Gasteiger charge is 2.27. The van der Waals surface area contributed by atoms with Crippen LogP contribution in [-0.4, -0.2) is 39.4 Å². The molecule has 2 aromatic rings. The van der Waals surface area contributed by atoms with E-state index < -0.39 is 0 Å². The van der Waals surface area contributed by atoms with E-state index >= 15 is 0 Å². The first-order valence-electron chi connectivity index (χ1n) is 9.30. The second-order valence-corrected chi connectivity index (χ2v) is 8.80. The fourth-order valence-electron chi connectivity index (χ4n) is 3.31. The Kier molecular flexibility index (Phi) is 4.71. The number of H-pyrrole nitrogens is 1. The van der Waals surface area contributed by atoms with Crippen LogP contribution in [0.5, 0.6) is 0 Å². The third kappa shape index (κ3) is 3.93. The van der Waals surface area contributed by atoms with Gasteiger partial charge < -0.3 is 15.4 Å². The van der Waals surface area contributed by atoms with Gasteiger partial charge >= 0.3 is 0 Å². The van der Waals surface area contributed by atoms with Crippen LogP contribution in [0.15, 0.2) is 23.4 Å². The van der Waals surface area contributed by atoms with Gasteiger partial charge in [0.25, 0.3) is 0 Å². The molecule has 1 saturated carbocycles. The molecule has 1 aliphatic carbocycles. The van der Waals surface area contributed by atoms with Gasteiger partial charge in [-0.2, -0.15) is 5.10 Å². The zero-order chi connectivity index (χ0) is 18.2. The van der Waals surface area contributed by atoms with E-state index in [4.69, 9.17) is 16.3 Å². The van der Waals surface area contributed by atoms with Gasteiger partial charge in [0.15, 0.2) is 11.6 Å². The molecule has 7 nitrogen and oxygen atoms in total. The molecule has 3 aliphatic rings. The molecule has 2 unspecified atom stereocenters. The van der Waals surface area contributed by atoms with Crippen molar-refractivity contribution in [1.29, 1.82) is 0 Å². The number of aromatic amines is 1. The van der Waals surface area contributed by atoms with Crippen molar-refractivity contribution in [3.05, 3.63) is 39.9 Å². The van der Waals surface area contributed by atoms with Gasteiger partial charge in [0.1, 0.15) is 10.8 Å². The Labute approximate surface area is 166 Å². The van der Waals surface area contributed by atoms with Gasteiger partial charge in [-0.1, -0.05) is 29.4 Å². The fraction of sp³-hybridized carbons (Fsp3) is 0.500. The lowest BCUT2D eigenvalue weighted by Gasteiger charge is -2.14. The molecular formula is C18H21ClN6OS. The van der Waals surface area contributed by atoms with Crippen LogP contribution in [0, 0.1) is 0 Å². The number of allylic oxidation sites excluding steroid dienone is 1. The van der Waals surface area contributed by atoms with Crippen LogP contribution in [0.3, 0.4) is 0 Å². The van der Waals surface area contributed by atoms with Gasteiger partial charge in [0, 0.05) is 24.3 Å². The summed E-state index contributed by atoms with van der Waals surface area (Å²) in [6, 6.07) is 2.44. The van der Waals surface area contributed by atoms with Crippen LogP contribution in [0.1, 0.15) is 48.4 Å². The van der Waals surface area contributed by atoms with Crippen molar-refractivity contribution < 1.29 is 4.74 Å². The van der Waals surface area contributed by atoms with Crippen LogP contribution < -0.4 is 10.6 Å². The van der Waals surface area contributed by atoms with E-state index in [1.807, 2.05) is 6.07 Å². The second kappa shape index (κ2) is 7.33. The van der Waals surface area contributed by atoms with Crippen molar-refractivity contribution in [2.24, 2.45) is 0 Å². The Balaban J connectivity index is 1.26. The number of anilines is 2. The lowest BCUT2D eigenvalue weighted by atomic mass is 10.2. The number of hydrogen-bond donors (Lipinski definition) is 3. The van der Waals surface area contributed by atoms with Crippen molar-refractivity contribution >= 4 is 35.0 Å².